The van der Waals surface area contributed by atoms with Gasteiger partial charge in [0.1, 0.15) is 10.5 Å². The van der Waals surface area contributed by atoms with Gasteiger partial charge in [0.15, 0.2) is 0 Å². The van der Waals surface area contributed by atoms with Gasteiger partial charge < -0.3 is 5.11 Å². The van der Waals surface area contributed by atoms with Crippen molar-refractivity contribution in [2.45, 2.75) is 17.4 Å². The Hall–Kier alpha value is -1.44. The standard InChI is InChI=1S/C17H16ClNO3S2/c1-17(20,16-10-12-6-2-4-8-14(12)23-16)11-19-24(21,22)15-9-5-3-7-13(15)18/h2-10,19-20H,11H2,1H3. The number of hydrogen-bond acceptors (Lipinski definition) is 4. The second-order valence-electron chi connectivity index (χ2n) is 5.68. The lowest BCUT2D eigenvalue weighted by Gasteiger charge is -2.22. The number of rotatable bonds is 5. The quantitative estimate of drug-likeness (QED) is 0.707. The maximum Gasteiger partial charge on any atom is 0.242 e. The van der Waals surface area contributed by atoms with Crippen LogP contribution in [0.25, 0.3) is 10.1 Å². The highest BCUT2D eigenvalue weighted by atomic mass is 35.5. The minimum absolute atomic E-state index is 0.00110. The number of aliphatic hydroxyl groups is 1. The van der Waals surface area contributed by atoms with Gasteiger partial charge in [-0.15, -0.1) is 11.3 Å². The average Bonchev–Trinajstić information content (AvgIpc) is 2.98. The van der Waals surface area contributed by atoms with Crippen molar-refractivity contribution in [2.75, 3.05) is 6.54 Å². The number of sulfonamides is 1. The molecular formula is C17H16ClNO3S2. The molecule has 2 aromatic carbocycles. The van der Waals surface area contributed by atoms with Crippen LogP contribution >= 0.6 is 22.9 Å². The number of benzene rings is 2. The first kappa shape index (κ1) is 17.4. The highest BCUT2D eigenvalue weighted by molar-refractivity contribution is 7.89. The Morgan fingerprint density at radius 2 is 1.83 bits per heavy atom. The molecule has 1 unspecified atom stereocenters. The molecular weight excluding hydrogens is 366 g/mol. The van der Waals surface area contributed by atoms with Crippen LogP contribution in [0.3, 0.4) is 0 Å². The normalized spacial score (nSPS) is 14.6. The summed E-state index contributed by atoms with van der Waals surface area (Å²) < 4.78 is 28.3. The van der Waals surface area contributed by atoms with E-state index in [0.29, 0.717) is 4.88 Å². The van der Waals surface area contributed by atoms with Crippen LogP contribution in [-0.4, -0.2) is 20.1 Å². The second kappa shape index (κ2) is 6.46. The fourth-order valence-electron chi connectivity index (χ4n) is 2.31. The van der Waals surface area contributed by atoms with Gasteiger partial charge in [-0.2, -0.15) is 0 Å². The summed E-state index contributed by atoms with van der Waals surface area (Å²) in [5.74, 6) is 0. The van der Waals surface area contributed by atoms with Crippen LogP contribution in [0.4, 0.5) is 0 Å². The molecule has 0 saturated heterocycles. The van der Waals surface area contributed by atoms with Crippen LogP contribution in [0, 0.1) is 0 Å². The molecule has 1 heterocycles. The van der Waals surface area contributed by atoms with Crippen molar-refractivity contribution >= 4 is 43.0 Å². The molecule has 0 bridgehead atoms. The van der Waals surface area contributed by atoms with E-state index < -0.39 is 15.6 Å². The van der Waals surface area contributed by atoms with Gasteiger partial charge >= 0.3 is 0 Å². The van der Waals surface area contributed by atoms with Crippen molar-refractivity contribution < 1.29 is 13.5 Å². The molecule has 3 rings (SSSR count). The van der Waals surface area contributed by atoms with Crippen LogP contribution in [-0.2, 0) is 15.6 Å². The lowest BCUT2D eigenvalue weighted by atomic mass is 10.1. The van der Waals surface area contributed by atoms with Gasteiger partial charge in [-0.25, -0.2) is 13.1 Å². The van der Waals surface area contributed by atoms with Crippen molar-refractivity contribution in [3.63, 3.8) is 0 Å². The van der Waals surface area contributed by atoms with E-state index in [2.05, 4.69) is 4.72 Å². The molecule has 0 fully saturated rings. The number of fused-ring (bicyclic) bond motifs is 1. The van der Waals surface area contributed by atoms with Crippen molar-refractivity contribution in [1.82, 2.24) is 4.72 Å². The zero-order valence-corrected chi connectivity index (χ0v) is 15.3. The average molecular weight is 382 g/mol. The molecule has 1 atom stereocenters. The third-order valence-electron chi connectivity index (χ3n) is 3.69. The second-order valence-corrected chi connectivity index (χ2v) is 8.90. The zero-order valence-electron chi connectivity index (χ0n) is 12.9. The Balaban J connectivity index is 1.83. The molecule has 0 radical (unpaired) electrons. The summed E-state index contributed by atoms with van der Waals surface area (Å²) in [4.78, 5) is 0.698. The largest absolute Gasteiger partial charge is 0.383 e. The van der Waals surface area contributed by atoms with E-state index in [1.165, 1.54) is 23.5 Å². The summed E-state index contributed by atoms with van der Waals surface area (Å²) in [5, 5.41) is 11.9. The van der Waals surface area contributed by atoms with Crippen LogP contribution in [0.5, 0.6) is 0 Å². The molecule has 2 N–H and O–H groups in total. The molecule has 0 aliphatic rings. The topological polar surface area (TPSA) is 66.4 Å². The Bertz CT molecular complexity index is 947. The van der Waals surface area contributed by atoms with E-state index >= 15 is 0 Å². The lowest BCUT2D eigenvalue weighted by Crippen LogP contribution is -2.38. The molecule has 0 aliphatic heterocycles. The van der Waals surface area contributed by atoms with Crippen molar-refractivity contribution in [1.29, 1.82) is 0 Å². The summed E-state index contributed by atoms with van der Waals surface area (Å²) in [6, 6.07) is 15.9. The SMILES string of the molecule is CC(O)(CNS(=O)(=O)c1ccccc1Cl)c1cc2ccccc2s1. The minimum atomic E-state index is -3.80. The van der Waals surface area contributed by atoms with Gasteiger partial charge in [0, 0.05) is 16.1 Å². The number of halogens is 1. The lowest BCUT2D eigenvalue weighted by molar-refractivity contribution is 0.0666. The molecule has 126 valence electrons. The van der Waals surface area contributed by atoms with Gasteiger partial charge in [-0.05, 0) is 36.6 Å². The Morgan fingerprint density at radius 3 is 2.54 bits per heavy atom. The van der Waals surface area contributed by atoms with E-state index in [9.17, 15) is 13.5 Å². The van der Waals surface area contributed by atoms with Gasteiger partial charge in [0.25, 0.3) is 0 Å². The third-order valence-corrected chi connectivity index (χ3v) is 6.96. The maximum atomic E-state index is 12.4. The van der Waals surface area contributed by atoms with E-state index in [0.717, 1.165) is 10.1 Å². The van der Waals surface area contributed by atoms with Crippen LogP contribution in [0.15, 0.2) is 59.5 Å². The van der Waals surface area contributed by atoms with Gasteiger partial charge in [-0.3, -0.25) is 0 Å². The van der Waals surface area contributed by atoms with Crippen LogP contribution < -0.4 is 4.72 Å². The number of nitrogens with one attached hydrogen (secondary N) is 1. The summed E-state index contributed by atoms with van der Waals surface area (Å²) in [6.07, 6.45) is 0. The molecule has 7 heteroatoms. The van der Waals surface area contributed by atoms with E-state index in [-0.39, 0.29) is 16.5 Å². The predicted octanol–water partition coefficient (Wildman–Crippen LogP) is 3.74. The van der Waals surface area contributed by atoms with E-state index in [1.54, 1.807) is 19.1 Å². The van der Waals surface area contributed by atoms with Crippen molar-refractivity contribution in [2.24, 2.45) is 0 Å². The molecule has 0 saturated carbocycles. The number of hydrogen-bond donors (Lipinski definition) is 2. The monoisotopic (exact) mass is 381 g/mol. The molecule has 0 amide bonds. The molecule has 24 heavy (non-hydrogen) atoms. The molecule has 3 aromatic rings. The third kappa shape index (κ3) is 3.48. The predicted molar refractivity (Wildman–Crippen MR) is 98.0 cm³/mol. The highest BCUT2D eigenvalue weighted by Crippen LogP contribution is 2.33. The Morgan fingerprint density at radius 1 is 1.17 bits per heavy atom. The first-order valence-electron chi connectivity index (χ1n) is 7.25. The van der Waals surface area contributed by atoms with Gasteiger partial charge in [-0.1, -0.05) is 41.9 Å². The fraction of sp³-hybridized carbons (Fsp3) is 0.176. The molecule has 0 spiro atoms. The first-order valence-corrected chi connectivity index (χ1v) is 9.93. The van der Waals surface area contributed by atoms with E-state index in [1.807, 2.05) is 30.3 Å². The van der Waals surface area contributed by atoms with Gasteiger partial charge in [0.05, 0.1) is 5.02 Å². The maximum absolute atomic E-state index is 12.4. The number of thiophene rings is 1. The minimum Gasteiger partial charge on any atom is -0.383 e. The Kier molecular flexibility index (Phi) is 4.68. The summed E-state index contributed by atoms with van der Waals surface area (Å²) in [5.41, 5.74) is -1.32. The van der Waals surface area contributed by atoms with E-state index in [4.69, 9.17) is 11.6 Å². The van der Waals surface area contributed by atoms with Crippen molar-refractivity contribution in [3.05, 3.63) is 64.5 Å². The first-order chi connectivity index (χ1) is 11.3. The van der Waals surface area contributed by atoms with Crippen LogP contribution in [0.2, 0.25) is 5.02 Å². The van der Waals surface area contributed by atoms with Crippen molar-refractivity contribution in [3.8, 4) is 0 Å². The smallest absolute Gasteiger partial charge is 0.242 e. The summed E-state index contributed by atoms with van der Waals surface area (Å²) >= 11 is 7.39. The fourth-order valence-corrected chi connectivity index (χ4v) is 5.07. The molecule has 4 nitrogen and oxygen atoms in total. The van der Waals surface area contributed by atoms with Gasteiger partial charge in [0.2, 0.25) is 10.0 Å². The summed E-state index contributed by atoms with van der Waals surface area (Å²) in [7, 11) is -3.80. The molecule has 1 aromatic heterocycles. The zero-order chi connectivity index (χ0) is 17.4. The molecule has 0 aliphatic carbocycles. The highest BCUT2D eigenvalue weighted by Gasteiger charge is 2.28. The Labute approximate surface area is 149 Å². The summed E-state index contributed by atoms with van der Waals surface area (Å²) in [6.45, 7) is 1.44. The van der Waals surface area contributed by atoms with Crippen LogP contribution in [0.1, 0.15) is 11.8 Å².